The zero-order valence-electron chi connectivity index (χ0n) is 10.3. The number of rotatable bonds is 3. The summed E-state index contributed by atoms with van der Waals surface area (Å²) in [4.78, 5) is 0. The van der Waals surface area contributed by atoms with Crippen LogP contribution in [-0.2, 0) is 0 Å². The lowest BCUT2D eigenvalue weighted by molar-refractivity contribution is 0.264. The van der Waals surface area contributed by atoms with Gasteiger partial charge in [-0.3, -0.25) is 0 Å². The Kier molecular flexibility index (Phi) is 4.13. The van der Waals surface area contributed by atoms with Crippen LogP contribution in [-0.4, -0.2) is 13.1 Å². The highest BCUT2D eigenvalue weighted by molar-refractivity contribution is 5.21. The maximum atomic E-state index is 13.6. The number of nitrogens with one attached hydrogen (secondary N) is 1. The first kappa shape index (κ1) is 12.5. The van der Waals surface area contributed by atoms with E-state index in [9.17, 15) is 4.39 Å². The lowest BCUT2D eigenvalue weighted by Gasteiger charge is -2.32. The Balaban J connectivity index is 2.02. The first-order chi connectivity index (χ1) is 8.22. The van der Waals surface area contributed by atoms with Gasteiger partial charge < -0.3 is 11.1 Å². The lowest BCUT2D eigenvalue weighted by atomic mass is 9.79. The third-order valence-corrected chi connectivity index (χ3v) is 3.95. The van der Waals surface area contributed by atoms with E-state index in [2.05, 4.69) is 5.32 Å². The molecule has 1 atom stereocenters. The highest BCUT2D eigenvalue weighted by Crippen LogP contribution is 2.33. The van der Waals surface area contributed by atoms with E-state index in [1.807, 2.05) is 19.2 Å². The topological polar surface area (TPSA) is 38.0 Å². The van der Waals surface area contributed by atoms with Crippen LogP contribution < -0.4 is 11.1 Å². The first-order valence-electron chi connectivity index (χ1n) is 6.39. The van der Waals surface area contributed by atoms with Gasteiger partial charge in [0.15, 0.2) is 0 Å². The molecule has 0 bridgehead atoms. The summed E-state index contributed by atoms with van der Waals surface area (Å²) in [5.74, 6) is 0.243. The SMILES string of the molecule is CNC1CCC(C(N)c2ccccc2F)CC1. The average Bonchev–Trinajstić information content (AvgIpc) is 2.39. The summed E-state index contributed by atoms with van der Waals surface area (Å²) in [6.45, 7) is 0. The molecule has 1 aromatic rings. The fraction of sp³-hybridized carbons (Fsp3) is 0.571. The average molecular weight is 236 g/mol. The van der Waals surface area contributed by atoms with E-state index in [0.717, 1.165) is 25.7 Å². The predicted octanol–water partition coefficient (Wildman–Crippen LogP) is 2.60. The lowest BCUT2D eigenvalue weighted by Crippen LogP contribution is -2.34. The molecule has 1 fully saturated rings. The maximum Gasteiger partial charge on any atom is 0.127 e. The van der Waals surface area contributed by atoms with Crippen LogP contribution in [0.5, 0.6) is 0 Å². The molecule has 2 nitrogen and oxygen atoms in total. The van der Waals surface area contributed by atoms with E-state index in [0.29, 0.717) is 17.5 Å². The summed E-state index contributed by atoms with van der Waals surface area (Å²) in [7, 11) is 2.00. The minimum Gasteiger partial charge on any atom is -0.324 e. The molecule has 3 N–H and O–H groups in total. The van der Waals surface area contributed by atoms with Crippen LogP contribution >= 0.6 is 0 Å². The van der Waals surface area contributed by atoms with E-state index in [1.165, 1.54) is 6.07 Å². The van der Waals surface area contributed by atoms with Gasteiger partial charge in [0.05, 0.1) is 0 Å². The third kappa shape index (κ3) is 2.85. The normalized spacial score (nSPS) is 26.8. The molecule has 0 heterocycles. The fourth-order valence-electron chi connectivity index (χ4n) is 2.77. The number of hydrogen-bond acceptors (Lipinski definition) is 2. The van der Waals surface area contributed by atoms with Gasteiger partial charge in [-0.2, -0.15) is 0 Å². The number of hydrogen-bond donors (Lipinski definition) is 2. The quantitative estimate of drug-likeness (QED) is 0.846. The molecule has 0 saturated heterocycles. The Morgan fingerprint density at radius 1 is 1.24 bits per heavy atom. The predicted molar refractivity (Wildman–Crippen MR) is 68.1 cm³/mol. The molecule has 1 aliphatic carbocycles. The highest BCUT2D eigenvalue weighted by Gasteiger charge is 2.26. The molecule has 0 radical (unpaired) electrons. The Labute approximate surface area is 102 Å². The summed E-state index contributed by atoms with van der Waals surface area (Å²) in [5, 5.41) is 3.30. The molecule has 0 aromatic heterocycles. The molecule has 2 rings (SSSR count). The van der Waals surface area contributed by atoms with Crippen LogP contribution in [0.1, 0.15) is 37.3 Å². The Hall–Kier alpha value is -0.930. The van der Waals surface area contributed by atoms with Crippen molar-refractivity contribution in [1.82, 2.24) is 5.32 Å². The first-order valence-corrected chi connectivity index (χ1v) is 6.39. The molecule has 1 saturated carbocycles. The molecular formula is C14H21FN2. The van der Waals surface area contributed by atoms with Gasteiger partial charge in [0.1, 0.15) is 5.82 Å². The van der Waals surface area contributed by atoms with Crippen LogP contribution in [0, 0.1) is 11.7 Å². The van der Waals surface area contributed by atoms with Gasteiger partial charge in [-0.05, 0) is 44.7 Å². The van der Waals surface area contributed by atoms with Crippen molar-refractivity contribution >= 4 is 0 Å². The summed E-state index contributed by atoms with van der Waals surface area (Å²) >= 11 is 0. The van der Waals surface area contributed by atoms with E-state index in [4.69, 9.17) is 5.73 Å². The van der Waals surface area contributed by atoms with E-state index < -0.39 is 0 Å². The smallest absolute Gasteiger partial charge is 0.127 e. The van der Waals surface area contributed by atoms with Gasteiger partial charge in [-0.15, -0.1) is 0 Å². The maximum absolute atomic E-state index is 13.6. The number of nitrogens with two attached hydrogens (primary N) is 1. The van der Waals surface area contributed by atoms with Gasteiger partial charge in [0.25, 0.3) is 0 Å². The summed E-state index contributed by atoms with van der Waals surface area (Å²) < 4.78 is 13.6. The molecule has 0 aliphatic heterocycles. The molecule has 94 valence electrons. The number of halogens is 1. The van der Waals surface area contributed by atoms with Gasteiger partial charge >= 0.3 is 0 Å². The zero-order valence-corrected chi connectivity index (χ0v) is 10.3. The summed E-state index contributed by atoms with van der Waals surface area (Å²) in [5.41, 5.74) is 6.86. The van der Waals surface area contributed by atoms with Gasteiger partial charge in [0.2, 0.25) is 0 Å². The van der Waals surface area contributed by atoms with Crippen LogP contribution in [0.15, 0.2) is 24.3 Å². The Morgan fingerprint density at radius 3 is 2.47 bits per heavy atom. The van der Waals surface area contributed by atoms with E-state index >= 15 is 0 Å². The van der Waals surface area contributed by atoms with Crippen LogP contribution in [0.25, 0.3) is 0 Å². The van der Waals surface area contributed by atoms with Crippen molar-refractivity contribution in [3.05, 3.63) is 35.6 Å². The van der Waals surface area contributed by atoms with Gasteiger partial charge in [0, 0.05) is 17.6 Å². The van der Waals surface area contributed by atoms with Crippen LogP contribution in [0.2, 0.25) is 0 Å². The van der Waals surface area contributed by atoms with Crippen molar-refractivity contribution in [3.8, 4) is 0 Å². The molecule has 1 aliphatic rings. The van der Waals surface area contributed by atoms with Crippen molar-refractivity contribution < 1.29 is 4.39 Å². The highest BCUT2D eigenvalue weighted by atomic mass is 19.1. The molecule has 0 spiro atoms. The van der Waals surface area contributed by atoms with Gasteiger partial charge in [-0.1, -0.05) is 18.2 Å². The third-order valence-electron chi connectivity index (χ3n) is 3.95. The molecule has 1 unspecified atom stereocenters. The molecule has 1 aromatic carbocycles. The second-order valence-electron chi connectivity index (χ2n) is 4.95. The van der Waals surface area contributed by atoms with Crippen molar-refractivity contribution in [3.63, 3.8) is 0 Å². The van der Waals surface area contributed by atoms with E-state index in [-0.39, 0.29) is 11.9 Å². The Morgan fingerprint density at radius 2 is 1.88 bits per heavy atom. The summed E-state index contributed by atoms with van der Waals surface area (Å²) in [6, 6.07) is 7.33. The van der Waals surface area contributed by atoms with Gasteiger partial charge in [-0.25, -0.2) is 4.39 Å². The van der Waals surface area contributed by atoms with Crippen molar-refractivity contribution in [2.24, 2.45) is 11.7 Å². The van der Waals surface area contributed by atoms with E-state index in [1.54, 1.807) is 6.07 Å². The second kappa shape index (κ2) is 5.61. The summed E-state index contributed by atoms with van der Waals surface area (Å²) in [6.07, 6.45) is 4.45. The minimum atomic E-state index is -0.171. The molecule has 17 heavy (non-hydrogen) atoms. The second-order valence-corrected chi connectivity index (χ2v) is 4.95. The molecule has 0 amide bonds. The van der Waals surface area contributed by atoms with Crippen molar-refractivity contribution in [2.45, 2.75) is 37.8 Å². The number of benzene rings is 1. The zero-order chi connectivity index (χ0) is 12.3. The van der Waals surface area contributed by atoms with Crippen LogP contribution in [0.3, 0.4) is 0 Å². The standard InChI is InChI=1S/C14H21FN2/c1-17-11-8-6-10(7-9-11)14(16)12-4-2-3-5-13(12)15/h2-5,10-11,14,17H,6-9,16H2,1H3. The van der Waals surface area contributed by atoms with Crippen molar-refractivity contribution in [1.29, 1.82) is 0 Å². The molecular weight excluding hydrogens is 215 g/mol. The van der Waals surface area contributed by atoms with Crippen LogP contribution in [0.4, 0.5) is 4.39 Å². The van der Waals surface area contributed by atoms with Crippen molar-refractivity contribution in [2.75, 3.05) is 7.05 Å². The monoisotopic (exact) mass is 236 g/mol. The fourth-order valence-corrected chi connectivity index (χ4v) is 2.77. The largest absolute Gasteiger partial charge is 0.324 e. The molecule has 3 heteroatoms. The minimum absolute atomic E-state index is 0.158. The Bertz CT molecular complexity index is 359.